The number of alkyl halides is 1. The maximum atomic E-state index is 6.17. The molecule has 0 aromatic heterocycles. The largest absolute Gasteiger partial charge is 0.432 e. The number of hydrogen-bond donors (Lipinski definition) is 0. The van der Waals surface area contributed by atoms with E-state index < -0.39 is 0 Å². The van der Waals surface area contributed by atoms with Gasteiger partial charge in [0, 0.05) is 11.1 Å². The van der Waals surface area contributed by atoms with Crippen LogP contribution >= 0.6 is 20.7 Å². The third-order valence-corrected chi connectivity index (χ3v) is 7.01. The SMILES string of the molecule is CC(C)(C)c1ccc(-c2ccc(C3=NCI=C(c4ccccc4)O3)cc2)cc1. The van der Waals surface area contributed by atoms with Gasteiger partial charge in [0.05, 0.1) is 4.55 Å². The molecule has 1 aliphatic heterocycles. The lowest BCUT2D eigenvalue weighted by atomic mass is 9.86. The van der Waals surface area contributed by atoms with E-state index in [1.807, 2.05) is 6.07 Å². The van der Waals surface area contributed by atoms with Crippen molar-refractivity contribution in [2.75, 3.05) is 4.55 Å². The topological polar surface area (TPSA) is 21.6 Å². The first kappa shape index (κ1) is 19.1. The second-order valence-corrected chi connectivity index (χ2v) is 10.3. The fourth-order valence-corrected chi connectivity index (χ4v) is 5.06. The molecule has 0 radical (unpaired) electrons. The van der Waals surface area contributed by atoms with Crippen LogP contribution in [-0.2, 0) is 10.2 Å². The summed E-state index contributed by atoms with van der Waals surface area (Å²) >= 11 is -0.198. The van der Waals surface area contributed by atoms with Crippen LogP contribution in [-0.4, -0.2) is 14.1 Å². The fourth-order valence-electron chi connectivity index (χ4n) is 3.11. The normalized spacial score (nSPS) is 14.4. The number of hydrogen-bond acceptors (Lipinski definition) is 2. The molecule has 0 saturated carbocycles. The van der Waals surface area contributed by atoms with Crippen LogP contribution in [0.4, 0.5) is 0 Å². The maximum Gasteiger partial charge on any atom is 0.223 e. The summed E-state index contributed by atoms with van der Waals surface area (Å²) in [6.07, 6.45) is 0. The molecule has 0 saturated heterocycles. The standard InChI is InChI=1S/C25H24INO/c1-25(2,3)22-15-13-19(14-16-22)18-9-11-21(12-10-18)24-27-17-26-23(28-24)20-7-5-4-6-8-20/h4-16H,17H2,1-3H3. The van der Waals surface area contributed by atoms with E-state index in [1.54, 1.807) is 0 Å². The zero-order valence-corrected chi connectivity index (χ0v) is 18.6. The Labute approximate surface area is 177 Å². The Kier molecular flexibility index (Phi) is 5.44. The molecule has 0 aliphatic carbocycles. The van der Waals surface area contributed by atoms with E-state index in [1.165, 1.54) is 22.3 Å². The second-order valence-electron chi connectivity index (χ2n) is 7.86. The molecule has 3 heteroatoms. The lowest BCUT2D eigenvalue weighted by Gasteiger charge is -2.19. The summed E-state index contributed by atoms with van der Waals surface area (Å²) in [4.78, 5) is 4.64. The molecule has 2 nitrogen and oxygen atoms in total. The minimum absolute atomic E-state index is 0.175. The highest BCUT2D eigenvalue weighted by Crippen LogP contribution is 2.27. The summed E-state index contributed by atoms with van der Waals surface area (Å²) in [7, 11) is 0. The van der Waals surface area contributed by atoms with Gasteiger partial charge in [0.25, 0.3) is 0 Å². The van der Waals surface area contributed by atoms with Crippen LogP contribution in [0.1, 0.15) is 37.5 Å². The van der Waals surface area contributed by atoms with E-state index in [9.17, 15) is 0 Å². The van der Waals surface area contributed by atoms with E-state index in [0.29, 0.717) is 0 Å². The number of nitrogens with zero attached hydrogens (tertiary/aromatic N) is 1. The summed E-state index contributed by atoms with van der Waals surface area (Å²) in [6.45, 7) is 6.72. The Morgan fingerprint density at radius 1 is 0.714 bits per heavy atom. The molecule has 1 aliphatic rings. The number of benzene rings is 3. The highest BCUT2D eigenvalue weighted by atomic mass is 127. The summed E-state index contributed by atoms with van der Waals surface area (Å²) in [6, 6.07) is 27.8. The van der Waals surface area contributed by atoms with Crippen LogP contribution in [0, 0.1) is 0 Å². The van der Waals surface area contributed by atoms with E-state index in [2.05, 4.69) is 98.6 Å². The minimum atomic E-state index is -0.198. The molecule has 1 heterocycles. The molecular formula is C25H24INO. The zero-order chi connectivity index (χ0) is 19.6. The van der Waals surface area contributed by atoms with Gasteiger partial charge in [-0.25, -0.2) is 4.99 Å². The maximum absolute atomic E-state index is 6.17. The number of ether oxygens (including phenoxy) is 1. The smallest absolute Gasteiger partial charge is 0.223 e. The van der Waals surface area contributed by atoms with Gasteiger partial charge in [0.2, 0.25) is 5.90 Å². The summed E-state index contributed by atoms with van der Waals surface area (Å²) in [5.41, 5.74) is 6.18. The number of aliphatic imine (C=N–C) groups is 1. The van der Waals surface area contributed by atoms with Gasteiger partial charge in [-0.05, 0) is 55.0 Å². The lowest BCUT2D eigenvalue weighted by Crippen LogP contribution is -2.16. The first-order chi connectivity index (χ1) is 13.5. The van der Waals surface area contributed by atoms with Gasteiger partial charge in [-0.3, -0.25) is 0 Å². The fraction of sp³-hybridized carbons (Fsp3) is 0.200. The summed E-state index contributed by atoms with van der Waals surface area (Å²) in [5.74, 6) is 0.736. The van der Waals surface area contributed by atoms with E-state index in [-0.39, 0.29) is 26.1 Å². The Bertz CT molecular complexity index is 1010. The third-order valence-electron chi connectivity index (χ3n) is 4.79. The second kappa shape index (κ2) is 8.00. The van der Waals surface area contributed by atoms with Crippen LogP contribution in [0.5, 0.6) is 0 Å². The quantitative estimate of drug-likeness (QED) is 0.237. The van der Waals surface area contributed by atoms with E-state index in [4.69, 9.17) is 4.74 Å². The molecule has 3 aromatic rings. The molecular weight excluding hydrogens is 457 g/mol. The first-order valence-electron chi connectivity index (χ1n) is 9.46. The minimum Gasteiger partial charge on any atom is -0.432 e. The molecule has 0 atom stereocenters. The molecule has 4 rings (SSSR count). The third kappa shape index (κ3) is 4.25. The van der Waals surface area contributed by atoms with Gasteiger partial charge in [-0.2, -0.15) is 0 Å². The summed E-state index contributed by atoms with van der Waals surface area (Å²) < 4.78 is 8.15. The van der Waals surface area contributed by atoms with Crippen molar-refractivity contribution >= 4 is 30.3 Å². The van der Waals surface area contributed by atoms with E-state index in [0.717, 1.165) is 19.7 Å². The monoisotopic (exact) mass is 481 g/mol. The van der Waals surface area contributed by atoms with Crippen molar-refractivity contribution in [3.05, 3.63) is 95.6 Å². The van der Waals surface area contributed by atoms with Crippen molar-refractivity contribution in [3.63, 3.8) is 0 Å². The lowest BCUT2D eigenvalue weighted by molar-refractivity contribution is 0.561. The van der Waals surface area contributed by atoms with Crippen molar-refractivity contribution in [2.45, 2.75) is 26.2 Å². The van der Waals surface area contributed by atoms with Gasteiger partial charge in [-0.15, -0.1) is 0 Å². The molecule has 0 amide bonds. The van der Waals surface area contributed by atoms with Gasteiger partial charge in [-0.1, -0.05) is 87.5 Å². The predicted molar refractivity (Wildman–Crippen MR) is 128 cm³/mol. The van der Waals surface area contributed by atoms with Gasteiger partial charge in [0.15, 0.2) is 3.69 Å². The number of rotatable bonds is 3. The highest BCUT2D eigenvalue weighted by Gasteiger charge is 2.15. The predicted octanol–water partition coefficient (Wildman–Crippen LogP) is 6.53. The first-order valence-corrected chi connectivity index (χ1v) is 12.1. The Morgan fingerprint density at radius 3 is 1.89 bits per heavy atom. The van der Waals surface area contributed by atoms with Crippen LogP contribution in [0.25, 0.3) is 11.1 Å². The van der Waals surface area contributed by atoms with Crippen molar-refractivity contribution < 1.29 is 4.74 Å². The van der Waals surface area contributed by atoms with Crippen LogP contribution in [0.3, 0.4) is 0 Å². The number of halogens is 1. The highest BCUT2D eigenvalue weighted by molar-refractivity contribution is 14.2. The average molecular weight is 481 g/mol. The van der Waals surface area contributed by atoms with Gasteiger partial charge in [0.1, 0.15) is 0 Å². The van der Waals surface area contributed by atoms with Crippen LogP contribution in [0.15, 0.2) is 83.9 Å². The molecule has 0 unspecified atom stereocenters. The van der Waals surface area contributed by atoms with Crippen molar-refractivity contribution in [3.8, 4) is 11.1 Å². The average Bonchev–Trinajstić information content (AvgIpc) is 2.74. The zero-order valence-electron chi connectivity index (χ0n) is 16.4. The Morgan fingerprint density at radius 2 is 1.29 bits per heavy atom. The van der Waals surface area contributed by atoms with Gasteiger partial charge < -0.3 is 4.74 Å². The molecule has 3 aromatic carbocycles. The molecule has 28 heavy (non-hydrogen) atoms. The molecule has 0 spiro atoms. The molecule has 0 bridgehead atoms. The summed E-state index contributed by atoms with van der Waals surface area (Å²) in [5, 5.41) is 0. The van der Waals surface area contributed by atoms with Crippen molar-refractivity contribution in [1.82, 2.24) is 0 Å². The Balaban J connectivity index is 1.51. The molecule has 0 fully saturated rings. The van der Waals surface area contributed by atoms with Crippen LogP contribution < -0.4 is 0 Å². The molecule has 142 valence electrons. The van der Waals surface area contributed by atoms with Gasteiger partial charge >= 0.3 is 0 Å². The van der Waals surface area contributed by atoms with Crippen molar-refractivity contribution in [2.24, 2.45) is 4.99 Å². The van der Waals surface area contributed by atoms with Crippen LogP contribution in [0.2, 0.25) is 0 Å². The van der Waals surface area contributed by atoms with E-state index >= 15 is 0 Å². The molecule has 0 N–H and O–H groups in total. The Hall–Kier alpha value is -2.27. The van der Waals surface area contributed by atoms with Crippen molar-refractivity contribution in [1.29, 1.82) is 0 Å².